The fourth-order valence-electron chi connectivity index (χ4n) is 2.66. The Bertz CT molecular complexity index is 1110. The summed E-state index contributed by atoms with van der Waals surface area (Å²) in [5.74, 6) is -0.442. The zero-order chi connectivity index (χ0) is 16.0. The molecule has 2 heterocycles. The Hall–Kier alpha value is -2.73. The lowest BCUT2D eigenvalue weighted by molar-refractivity contribution is -0.112. The molecule has 5 nitrogen and oxygen atoms in total. The monoisotopic (exact) mass is 368 g/mol. The van der Waals surface area contributed by atoms with E-state index in [2.05, 4.69) is 26.1 Å². The summed E-state index contributed by atoms with van der Waals surface area (Å²) >= 11 is 3.38. The average Bonchev–Trinajstić information content (AvgIpc) is 3.07. The normalized spacial score (nSPS) is 13.1. The number of nitrogens with zero attached hydrogens (tertiary/aromatic N) is 1. The van der Waals surface area contributed by atoms with E-state index in [9.17, 15) is 9.59 Å². The summed E-state index contributed by atoms with van der Waals surface area (Å²) in [6, 6.07) is 14.6. The molecule has 0 fully saturated rings. The van der Waals surface area contributed by atoms with Crippen LogP contribution in [0.25, 0.3) is 16.8 Å². The first-order valence-corrected chi connectivity index (χ1v) is 7.64. The van der Waals surface area contributed by atoms with Crippen molar-refractivity contribution < 1.29 is 9.32 Å². The largest absolute Gasteiger partial charge is 0.365 e. The van der Waals surface area contributed by atoms with E-state index in [1.807, 2.05) is 30.3 Å². The molecule has 0 atom stereocenters. The van der Waals surface area contributed by atoms with E-state index in [4.69, 9.17) is 4.52 Å². The van der Waals surface area contributed by atoms with Gasteiger partial charge in [0.05, 0.1) is 16.6 Å². The topological polar surface area (TPSA) is 75.4 Å². The minimum absolute atomic E-state index is 0.210. The predicted molar refractivity (Wildman–Crippen MR) is 87.2 cm³/mol. The third-order valence-electron chi connectivity index (χ3n) is 3.68. The number of rotatable bonds is 2. The highest BCUT2D eigenvalue weighted by atomic mass is 79.9. The maximum Gasteiger partial charge on any atom is 0.365 e. The molecule has 112 valence electrons. The molecule has 4 rings (SSSR count). The molecule has 0 saturated carbocycles. The van der Waals surface area contributed by atoms with Crippen LogP contribution in [0.4, 0.5) is 0 Å². The Morgan fingerprint density at radius 1 is 1.04 bits per heavy atom. The van der Waals surface area contributed by atoms with Gasteiger partial charge in [-0.2, -0.15) is 0 Å². The summed E-state index contributed by atoms with van der Waals surface area (Å²) in [5, 5.41) is 3.79. The standard InChI is InChI=1S/C17H9BrN2O3/c18-10-6-7-12-11(8-10)13(16(21)19-12)14-15(20-23-17(14)22)9-4-2-1-3-5-9/h1-8,20H. The van der Waals surface area contributed by atoms with Crippen molar-refractivity contribution in [1.82, 2.24) is 5.16 Å². The van der Waals surface area contributed by atoms with Gasteiger partial charge in [0.15, 0.2) is 0 Å². The number of carbonyl (C=O) groups is 1. The minimum Gasteiger partial charge on any atom is -0.338 e. The van der Waals surface area contributed by atoms with Gasteiger partial charge in [-0.3, -0.25) is 4.79 Å². The first-order chi connectivity index (χ1) is 11.1. The van der Waals surface area contributed by atoms with Crippen molar-refractivity contribution in [2.24, 2.45) is 4.99 Å². The number of nitrogens with one attached hydrogen (secondary N) is 1. The van der Waals surface area contributed by atoms with Gasteiger partial charge in [-0.15, -0.1) is 0 Å². The zero-order valence-corrected chi connectivity index (χ0v) is 13.3. The predicted octanol–water partition coefficient (Wildman–Crippen LogP) is 1.76. The molecule has 3 aromatic rings. The van der Waals surface area contributed by atoms with Gasteiger partial charge < -0.3 is 4.52 Å². The maximum absolute atomic E-state index is 12.4. The highest BCUT2D eigenvalue weighted by Crippen LogP contribution is 2.25. The van der Waals surface area contributed by atoms with Crippen LogP contribution in [0.3, 0.4) is 0 Å². The second-order valence-electron chi connectivity index (χ2n) is 5.06. The van der Waals surface area contributed by atoms with E-state index in [0.29, 0.717) is 16.3 Å². The van der Waals surface area contributed by atoms with Crippen LogP contribution in [0, 0.1) is 0 Å². The molecule has 2 aromatic carbocycles. The molecule has 1 aliphatic rings. The number of hydrogen-bond acceptors (Lipinski definition) is 3. The van der Waals surface area contributed by atoms with E-state index in [0.717, 1.165) is 10.0 Å². The van der Waals surface area contributed by atoms with Crippen molar-refractivity contribution >= 4 is 27.4 Å². The van der Waals surface area contributed by atoms with Crippen LogP contribution in [0.2, 0.25) is 0 Å². The van der Waals surface area contributed by atoms with Crippen molar-refractivity contribution in [3.63, 3.8) is 0 Å². The molecule has 0 radical (unpaired) electrons. The second kappa shape index (κ2) is 5.17. The molecular weight excluding hydrogens is 360 g/mol. The summed E-state index contributed by atoms with van der Waals surface area (Å²) in [5.41, 5.74) is 1.12. The lowest BCUT2D eigenvalue weighted by Gasteiger charge is -2.01. The number of amides is 1. The van der Waals surface area contributed by atoms with Crippen molar-refractivity contribution in [2.45, 2.75) is 0 Å². The number of hydrogen-bond donors (Lipinski definition) is 1. The lowest BCUT2D eigenvalue weighted by Crippen LogP contribution is -2.24. The number of aromatic nitrogens is 1. The van der Waals surface area contributed by atoms with Crippen LogP contribution in [-0.4, -0.2) is 11.1 Å². The number of halogens is 1. The first kappa shape index (κ1) is 13.9. The van der Waals surface area contributed by atoms with E-state index in [-0.39, 0.29) is 11.1 Å². The number of aromatic amines is 1. The molecule has 1 aromatic heterocycles. The van der Waals surface area contributed by atoms with Crippen LogP contribution in [0.1, 0.15) is 5.56 Å². The number of H-pyrrole nitrogens is 1. The van der Waals surface area contributed by atoms with Crippen LogP contribution in [0.5, 0.6) is 0 Å². The van der Waals surface area contributed by atoms with Gasteiger partial charge in [-0.05, 0) is 18.2 Å². The van der Waals surface area contributed by atoms with Gasteiger partial charge in [0.1, 0.15) is 5.56 Å². The van der Waals surface area contributed by atoms with E-state index >= 15 is 0 Å². The molecule has 23 heavy (non-hydrogen) atoms. The average molecular weight is 369 g/mol. The van der Waals surface area contributed by atoms with Crippen molar-refractivity contribution in [1.29, 1.82) is 0 Å². The highest BCUT2D eigenvalue weighted by Gasteiger charge is 2.27. The molecule has 1 aliphatic heterocycles. The second-order valence-corrected chi connectivity index (χ2v) is 5.98. The highest BCUT2D eigenvalue weighted by molar-refractivity contribution is 9.10. The Kier molecular flexibility index (Phi) is 3.12. The van der Waals surface area contributed by atoms with Gasteiger partial charge in [-0.1, -0.05) is 46.3 Å². The maximum atomic E-state index is 12.4. The summed E-state index contributed by atoms with van der Waals surface area (Å²) in [7, 11) is 0. The fourth-order valence-corrected chi connectivity index (χ4v) is 3.03. The molecular formula is C17H9BrN2O3. The molecule has 0 bridgehead atoms. The van der Waals surface area contributed by atoms with E-state index in [1.165, 1.54) is 0 Å². The SMILES string of the molecule is O=C1N=c2ccc(Br)cc2=C1c1c(-c2ccccc2)[nH]oc1=O. The molecule has 0 aliphatic carbocycles. The molecule has 0 spiro atoms. The van der Waals surface area contributed by atoms with Gasteiger partial charge in [0.2, 0.25) is 0 Å². The molecule has 0 unspecified atom stereocenters. The number of carbonyl (C=O) groups excluding carboxylic acids is 1. The van der Waals surface area contributed by atoms with Crippen molar-refractivity contribution in [2.75, 3.05) is 0 Å². The Morgan fingerprint density at radius 3 is 2.61 bits per heavy atom. The quantitative estimate of drug-likeness (QED) is 0.748. The number of fused-ring (bicyclic) bond motifs is 1. The first-order valence-electron chi connectivity index (χ1n) is 6.85. The lowest BCUT2D eigenvalue weighted by atomic mass is 10.00. The molecule has 0 saturated heterocycles. The van der Waals surface area contributed by atoms with Crippen LogP contribution < -0.4 is 16.2 Å². The summed E-state index contributed by atoms with van der Waals surface area (Å²) in [6.07, 6.45) is 0. The van der Waals surface area contributed by atoms with E-state index in [1.54, 1.807) is 18.2 Å². The fraction of sp³-hybridized carbons (Fsp3) is 0. The van der Waals surface area contributed by atoms with E-state index < -0.39 is 11.5 Å². The third-order valence-corrected chi connectivity index (χ3v) is 4.17. The summed E-state index contributed by atoms with van der Waals surface area (Å²) in [4.78, 5) is 28.6. The molecule has 6 heteroatoms. The minimum atomic E-state index is -0.588. The summed E-state index contributed by atoms with van der Waals surface area (Å²) in [6.45, 7) is 0. The zero-order valence-electron chi connectivity index (χ0n) is 11.7. The van der Waals surface area contributed by atoms with Crippen LogP contribution in [0.15, 0.2) is 67.3 Å². The van der Waals surface area contributed by atoms with Gasteiger partial charge >= 0.3 is 5.63 Å². The van der Waals surface area contributed by atoms with Gasteiger partial charge in [-0.25, -0.2) is 14.9 Å². The molecule has 1 N–H and O–H groups in total. The summed E-state index contributed by atoms with van der Waals surface area (Å²) < 4.78 is 5.75. The number of benzene rings is 2. The Labute approximate surface area is 138 Å². The molecule has 1 amide bonds. The third kappa shape index (κ3) is 2.19. The Balaban J connectivity index is 2.09. The van der Waals surface area contributed by atoms with Gasteiger partial charge in [0.25, 0.3) is 5.91 Å². The smallest absolute Gasteiger partial charge is 0.338 e. The van der Waals surface area contributed by atoms with Crippen molar-refractivity contribution in [3.05, 3.63) is 79.6 Å². The van der Waals surface area contributed by atoms with Gasteiger partial charge in [0, 0.05) is 15.3 Å². The Morgan fingerprint density at radius 2 is 1.83 bits per heavy atom. The van der Waals surface area contributed by atoms with Crippen LogP contribution >= 0.6 is 15.9 Å². The van der Waals surface area contributed by atoms with Crippen LogP contribution in [-0.2, 0) is 4.79 Å². The van der Waals surface area contributed by atoms with Crippen molar-refractivity contribution in [3.8, 4) is 11.3 Å².